The van der Waals surface area contributed by atoms with Gasteiger partial charge < -0.3 is 9.47 Å². The molecular weight excluding hydrogens is 266 g/mol. The van der Waals surface area contributed by atoms with E-state index in [2.05, 4.69) is 10.3 Å². The zero-order valence-electron chi connectivity index (χ0n) is 11.2. The van der Waals surface area contributed by atoms with Gasteiger partial charge in [0.25, 0.3) is 0 Å². The first-order valence-electron chi connectivity index (χ1n) is 5.84. The second kappa shape index (κ2) is 5.93. The fourth-order valence-electron chi connectivity index (χ4n) is 1.84. The highest BCUT2D eigenvalue weighted by molar-refractivity contribution is 6.16. The summed E-state index contributed by atoms with van der Waals surface area (Å²) in [6, 6.07) is 3.91. The maximum Gasteiger partial charge on any atom is 0.161 e. The molecule has 0 saturated carbocycles. The molecule has 6 heteroatoms. The highest BCUT2D eigenvalue weighted by Crippen LogP contribution is 2.30. The lowest BCUT2D eigenvalue weighted by molar-refractivity contribution is 0.354. The summed E-state index contributed by atoms with van der Waals surface area (Å²) in [5.74, 6) is 1.80. The summed E-state index contributed by atoms with van der Waals surface area (Å²) in [5.41, 5.74) is 2.98. The van der Waals surface area contributed by atoms with Crippen molar-refractivity contribution in [2.75, 3.05) is 14.2 Å². The number of hydrogen-bond acceptors (Lipinski definition) is 4. The molecule has 0 radical (unpaired) electrons. The predicted octanol–water partition coefficient (Wildman–Crippen LogP) is 2.39. The van der Waals surface area contributed by atoms with E-state index in [9.17, 15) is 0 Å². The van der Waals surface area contributed by atoms with Crippen molar-refractivity contribution in [3.8, 4) is 11.5 Å². The zero-order chi connectivity index (χ0) is 13.8. The molecule has 0 amide bonds. The number of methoxy groups -OCH3 is 2. The van der Waals surface area contributed by atoms with Gasteiger partial charge in [0, 0.05) is 0 Å². The second-order valence-corrected chi connectivity index (χ2v) is 4.44. The van der Waals surface area contributed by atoms with E-state index in [1.807, 2.05) is 25.3 Å². The summed E-state index contributed by atoms with van der Waals surface area (Å²) in [6.07, 6.45) is 1.84. The number of halogens is 1. The third-order valence-electron chi connectivity index (χ3n) is 2.90. The first kappa shape index (κ1) is 13.7. The van der Waals surface area contributed by atoms with E-state index in [1.165, 1.54) is 0 Å². The SMILES string of the molecule is COc1cc(C)c(Cn2cc(CCl)nn2)cc1OC. The topological polar surface area (TPSA) is 49.2 Å². The van der Waals surface area contributed by atoms with Crippen LogP contribution in [0.3, 0.4) is 0 Å². The molecule has 0 saturated heterocycles. The van der Waals surface area contributed by atoms with Crippen molar-refractivity contribution in [3.63, 3.8) is 0 Å². The zero-order valence-corrected chi connectivity index (χ0v) is 11.9. The predicted molar refractivity (Wildman–Crippen MR) is 73.0 cm³/mol. The van der Waals surface area contributed by atoms with Crippen molar-refractivity contribution in [1.29, 1.82) is 0 Å². The number of benzene rings is 1. The minimum absolute atomic E-state index is 0.366. The molecule has 1 heterocycles. The minimum Gasteiger partial charge on any atom is -0.493 e. The van der Waals surface area contributed by atoms with Crippen molar-refractivity contribution >= 4 is 11.6 Å². The van der Waals surface area contributed by atoms with Crippen molar-refractivity contribution in [2.45, 2.75) is 19.3 Å². The van der Waals surface area contributed by atoms with Crippen LogP contribution in [0.4, 0.5) is 0 Å². The molecule has 0 aliphatic carbocycles. The number of nitrogens with zero attached hydrogens (tertiary/aromatic N) is 3. The average Bonchev–Trinajstić information content (AvgIpc) is 2.88. The van der Waals surface area contributed by atoms with E-state index in [0.29, 0.717) is 18.2 Å². The van der Waals surface area contributed by atoms with Crippen molar-refractivity contribution in [3.05, 3.63) is 35.2 Å². The molecule has 0 aliphatic heterocycles. The third-order valence-corrected chi connectivity index (χ3v) is 3.17. The Hall–Kier alpha value is -1.75. The molecule has 2 rings (SSSR count). The summed E-state index contributed by atoms with van der Waals surface area (Å²) < 4.78 is 12.3. The fraction of sp³-hybridized carbons (Fsp3) is 0.385. The average molecular weight is 282 g/mol. The van der Waals surface area contributed by atoms with Crippen LogP contribution in [0, 0.1) is 6.92 Å². The molecule has 1 aromatic heterocycles. The maximum absolute atomic E-state index is 5.71. The lowest BCUT2D eigenvalue weighted by Gasteiger charge is -2.12. The molecule has 19 heavy (non-hydrogen) atoms. The molecule has 0 spiro atoms. The number of aryl methyl sites for hydroxylation is 1. The lowest BCUT2D eigenvalue weighted by Crippen LogP contribution is -2.03. The van der Waals surface area contributed by atoms with Gasteiger partial charge in [-0.05, 0) is 30.2 Å². The van der Waals surface area contributed by atoms with Gasteiger partial charge in [0.2, 0.25) is 0 Å². The Balaban J connectivity index is 2.29. The summed E-state index contributed by atoms with van der Waals surface area (Å²) >= 11 is 5.71. The Kier molecular flexibility index (Phi) is 4.27. The molecule has 0 N–H and O–H groups in total. The monoisotopic (exact) mass is 281 g/mol. The Bertz CT molecular complexity index is 569. The Morgan fingerprint density at radius 1 is 1.21 bits per heavy atom. The molecule has 0 fully saturated rings. The molecule has 2 aromatic rings. The highest BCUT2D eigenvalue weighted by Gasteiger charge is 2.09. The number of ether oxygens (including phenoxy) is 2. The van der Waals surface area contributed by atoms with Crippen LogP contribution < -0.4 is 9.47 Å². The van der Waals surface area contributed by atoms with Crippen LogP contribution in [0.2, 0.25) is 0 Å². The first-order chi connectivity index (χ1) is 9.17. The van der Waals surface area contributed by atoms with E-state index in [4.69, 9.17) is 21.1 Å². The molecular formula is C13H16ClN3O2. The third kappa shape index (κ3) is 2.98. The van der Waals surface area contributed by atoms with Crippen molar-refractivity contribution in [1.82, 2.24) is 15.0 Å². The Morgan fingerprint density at radius 3 is 2.47 bits per heavy atom. The highest BCUT2D eigenvalue weighted by atomic mass is 35.5. The van der Waals surface area contributed by atoms with Crippen LogP contribution in [-0.2, 0) is 12.4 Å². The number of alkyl halides is 1. The molecule has 0 atom stereocenters. The van der Waals surface area contributed by atoms with Crippen molar-refractivity contribution < 1.29 is 9.47 Å². The summed E-state index contributed by atoms with van der Waals surface area (Å²) in [5, 5.41) is 7.99. The van der Waals surface area contributed by atoms with Crippen LogP contribution >= 0.6 is 11.6 Å². The van der Waals surface area contributed by atoms with Gasteiger partial charge in [0.1, 0.15) is 0 Å². The molecule has 5 nitrogen and oxygen atoms in total. The number of rotatable bonds is 5. The van der Waals surface area contributed by atoms with Crippen LogP contribution in [-0.4, -0.2) is 29.2 Å². The molecule has 0 aliphatic rings. The molecule has 0 unspecified atom stereocenters. The molecule has 0 bridgehead atoms. The second-order valence-electron chi connectivity index (χ2n) is 4.17. The normalized spacial score (nSPS) is 10.5. The Morgan fingerprint density at radius 2 is 1.89 bits per heavy atom. The van der Waals surface area contributed by atoms with Gasteiger partial charge in [0.05, 0.1) is 38.5 Å². The van der Waals surface area contributed by atoms with Crippen LogP contribution in [0.25, 0.3) is 0 Å². The van der Waals surface area contributed by atoms with Crippen molar-refractivity contribution in [2.24, 2.45) is 0 Å². The van der Waals surface area contributed by atoms with Gasteiger partial charge in [-0.2, -0.15) is 0 Å². The van der Waals surface area contributed by atoms with E-state index >= 15 is 0 Å². The van der Waals surface area contributed by atoms with E-state index in [1.54, 1.807) is 18.9 Å². The van der Waals surface area contributed by atoms with Crippen LogP contribution in [0.15, 0.2) is 18.3 Å². The van der Waals surface area contributed by atoms with E-state index in [-0.39, 0.29) is 0 Å². The van der Waals surface area contributed by atoms with Gasteiger partial charge in [-0.3, -0.25) is 0 Å². The number of hydrogen-bond donors (Lipinski definition) is 0. The standard InChI is InChI=1S/C13H16ClN3O2/c1-9-4-12(18-2)13(19-3)5-10(9)7-17-8-11(6-14)15-16-17/h4-5,8H,6-7H2,1-3H3. The quantitative estimate of drug-likeness (QED) is 0.790. The van der Waals surface area contributed by atoms with Gasteiger partial charge in [0.15, 0.2) is 11.5 Å². The fourth-order valence-corrected chi connectivity index (χ4v) is 1.97. The van der Waals surface area contributed by atoms with E-state index < -0.39 is 0 Å². The van der Waals surface area contributed by atoms with Crippen LogP contribution in [0.5, 0.6) is 11.5 Å². The lowest BCUT2D eigenvalue weighted by atomic mass is 10.1. The Labute approximate surface area is 117 Å². The maximum atomic E-state index is 5.71. The summed E-state index contributed by atoms with van der Waals surface area (Å²) in [7, 11) is 3.25. The first-order valence-corrected chi connectivity index (χ1v) is 6.38. The minimum atomic E-state index is 0.366. The molecule has 102 valence electrons. The van der Waals surface area contributed by atoms with Gasteiger partial charge in [-0.25, -0.2) is 4.68 Å². The smallest absolute Gasteiger partial charge is 0.161 e. The number of aromatic nitrogens is 3. The summed E-state index contributed by atoms with van der Waals surface area (Å²) in [4.78, 5) is 0. The largest absolute Gasteiger partial charge is 0.493 e. The summed E-state index contributed by atoms with van der Waals surface area (Å²) in [6.45, 7) is 2.65. The van der Waals surface area contributed by atoms with E-state index in [0.717, 1.165) is 22.6 Å². The van der Waals surface area contributed by atoms with Gasteiger partial charge in [-0.15, -0.1) is 16.7 Å². The van der Waals surface area contributed by atoms with Crippen LogP contribution in [0.1, 0.15) is 16.8 Å². The van der Waals surface area contributed by atoms with Gasteiger partial charge in [-0.1, -0.05) is 5.21 Å². The van der Waals surface area contributed by atoms with Gasteiger partial charge >= 0.3 is 0 Å². The molecule has 1 aromatic carbocycles.